The number of alkyl halides is 12. The van der Waals surface area contributed by atoms with Crippen LogP contribution in [0.3, 0.4) is 0 Å². The van der Waals surface area contributed by atoms with Crippen LogP contribution in [0.5, 0.6) is 0 Å². The molecule has 0 saturated heterocycles. The number of nitrogens with one attached hydrogen (secondary N) is 4. The van der Waals surface area contributed by atoms with Crippen LogP contribution in [0, 0.1) is 10.5 Å². The molecule has 10 rings (SSSR count). The molecule has 14 nitrogen and oxygen atoms in total. The number of nitrogens with zero attached hydrogens (tertiary/aromatic N) is 1. The molecular formula is C66H94BBr4Cl2F12IN5O9S9. The normalized spacial score (nSPS) is 14.7. The monoisotopic (exact) mass is 2140 g/mol. The van der Waals surface area contributed by atoms with Crippen LogP contribution in [0.15, 0.2) is 72.0 Å². The fourth-order valence-electron chi connectivity index (χ4n) is 9.28. The third kappa shape index (κ3) is 43.5. The molecule has 0 aliphatic carbocycles. The van der Waals surface area contributed by atoms with Crippen LogP contribution in [0.2, 0.25) is 0 Å². The number of fused-ring (bicyclic) bond motifs is 3. The number of hydrogen-bond acceptors (Lipinski definition) is 21. The molecule has 6 N–H and O–H groups in total. The summed E-state index contributed by atoms with van der Waals surface area (Å²) in [5.41, 5.74) is -4.84. The number of aliphatic hydroxyl groups is 1. The predicted molar refractivity (Wildman–Crippen MR) is 458 cm³/mol. The van der Waals surface area contributed by atoms with Gasteiger partial charge >= 0.3 is 58.9 Å². The van der Waals surface area contributed by atoms with Crippen LogP contribution in [0.1, 0.15) is 145 Å². The van der Waals surface area contributed by atoms with Crippen molar-refractivity contribution in [1.82, 2.24) is 21.3 Å². The van der Waals surface area contributed by atoms with Crippen LogP contribution in [0.25, 0.3) is 0 Å². The second-order valence-electron chi connectivity index (χ2n) is 21.8. The van der Waals surface area contributed by atoms with E-state index < -0.39 is 69.2 Å². The third-order valence-corrected chi connectivity index (χ3v) is 27.1. The quantitative estimate of drug-likeness (QED) is 0.00821. The van der Waals surface area contributed by atoms with Gasteiger partial charge in [0.25, 0.3) is 0 Å². The minimum atomic E-state index is -5.84. The molecule has 43 heteroatoms. The Morgan fingerprint density at radius 1 is 0.596 bits per heavy atom. The molecule has 0 fully saturated rings. The van der Waals surface area contributed by atoms with Crippen LogP contribution in [-0.4, -0.2) is 133 Å². The van der Waals surface area contributed by atoms with E-state index in [4.69, 9.17) is 41.8 Å². The number of hydrogen-bond donors (Lipinski definition) is 7. The van der Waals surface area contributed by atoms with Gasteiger partial charge in [0.2, 0.25) is 0 Å². The molecule has 0 aromatic carbocycles. The van der Waals surface area contributed by atoms with Crippen LogP contribution in [-0.2, 0) is 97.3 Å². The van der Waals surface area contributed by atoms with Gasteiger partial charge in [-0.25, -0.2) is 0 Å². The summed E-state index contributed by atoms with van der Waals surface area (Å²) >= 11 is 29.9. The van der Waals surface area contributed by atoms with Gasteiger partial charge in [-0.1, -0.05) is 59.4 Å². The second kappa shape index (κ2) is 60.5. The molecule has 627 valence electrons. The van der Waals surface area contributed by atoms with E-state index in [2.05, 4.69) is 209 Å². The topological polar surface area (TPSA) is 181 Å². The summed E-state index contributed by atoms with van der Waals surface area (Å²) in [6, 6.07) is 13.1. The van der Waals surface area contributed by atoms with Gasteiger partial charge in [-0.2, -0.15) is 61.1 Å². The first kappa shape index (κ1) is 113. The Morgan fingerprint density at radius 3 is 1.29 bits per heavy atom. The van der Waals surface area contributed by atoms with Crippen molar-refractivity contribution in [2.75, 3.05) is 95.5 Å². The van der Waals surface area contributed by atoms with E-state index in [1.807, 2.05) is 52.4 Å². The molecule has 7 aromatic heterocycles. The van der Waals surface area contributed by atoms with Crippen LogP contribution in [0.4, 0.5) is 52.7 Å². The fourth-order valence-corrected chi connectivity index (χ4v) is 20.2. The van der Waals surface area contributed by atoms with Crippen LogP contribution < -0.4 is 21.3 Å². The number of halogens is 19. The van der Waals surface area contributed by atoms with E-state index in [1.165, 1.54) is 125 Å². The van der Waals surface area contributed by atoms with Crippen molar-refractivity contribution >= 4 is 221 Å². The number of thiophene rings is 7. The number of likely N-dealkylation sites (N-methyl/N-ethyl adjacent to an activating group) is 4. The zero-order chi connectivity index (χ0) is 81.9. The Hall–Kier alpha value is 0.0149. The molecule has 3 aliphatic rings. The Kier molecular flexibility index (Phi) is 62.8. The predicted octanol–water partition coefficient (Wildman–Crippen LogP) is 23.4. The van der Waals surface area contributed by atoms with Gasteiger partial charge < -0.3 is 50.1 Å². The number of methoxy groups -OCH3 is 2. The van der Waals surface area contributed by atoms with E-state index in [9.17, 15) is 52.7 Å². The maximum absolute atomic E-state index is 13.0. The van der Waals surface area contributed by atoms with E-state index in [0.717, 1.165) is 39.6 Å². The molecule has 3 aliphatic heterocycles. The van der Waals surface area contributed by atoms with Gasteiger partial charge in [0.05, 0.1) is 70.0 Å². The first-order valence-electron chi connectivity index (χ1n) is 32.5. The molecule has 3 atom stereocenters. The van der Waals surface area contributed by atoms with Crippen molar-refractivity contribution < 1.29 is 94.4 Å². The summed E-state index contributed by atoms with van der Waals surface area (Å²) in [6.45, 7) is 14.4. The molecule has 0 amide bonds. The molecule has 10 heterocycles. The van der Waals surface area contributed by atoms with Crippen LogP contribution >= 0.6 is 203 Å². The van der Waals surface area contributed by atoms with Crippen molar-refractivity contribution in [3.05, 3.63) is 144 Å². The molecule has 7 aromatic rings. The number of rotatable bonds is 18. The van der Waals surface area contributed by atoms with E-state index in [1.54, 1.807) is 35.4 Å². The standard InChI is InChI=1S/C10H11BrF3NOS.2C10H12F3NOS.C8H11BrS.C7H8BrIS.C7H9BrS.C7H10S.C5H13NO2.CHF3O3S.CH4O.BHNS.2ClH/c1-15-4-5-7-6(2-3-16-5)17-9(11)8(7)10(12,13)14;2*1-14-4-7-9-6(10(11,12)13)5-16-8(9)2-3-15-7;1-3-4-7-5-6(2)8(9)10-7;1-2-3-5-4-6(9)7(8)10-5;1-2-3-6-4-5-7(8)9-6;1-2-4-7-5-3-6-8-7;1-6-4-5(7-2)8-3;2-1(3,4)8(5,6)7;1-2;1-2-3;;/h5,15H,2-4H2,1H3;2*5,7,14H,2-4H2,1H3;5H,3-4H2,1-2H3;4H,2-3H2,1H3;4-5H,2-3H2,1H3;3,5-6H,2,4H2,1H3;5-6H,4H2,1-3H3;(H,5,6,7);2H,1H3;3H;2*1H. The van der Waals surface area contributed by atoms with Gasteiger partial charge in [0.15, 0.2) is 6.29 Å². The number of ether oxygens (including phenoxy) is 5. The fraction of sp³-hybridized carbons (Fsp3) is 0.576. The van der Waals surface area contributed by atoms with Gasteiger partial charge in [-0.15, -0.1) is 104 Å². The van der Waals surface area contributed by atoms with E-state index in [-0.39, 0.29) is 34.9 Å². The summed E-state index contributed by atoms with van der Waals surface area (Å²) in [4.78, 5) is 8.34. The minimum absolute atomic E-state index is 0. The van der Waals surface area contributed by atoms with E-state index in [0.29, 0.717) is 75.4 Å². The van der Waals surface area contributed by atoms with Crippen molar-refractivity contribution in [3.8, 4) is 0 Å². The van der Waals surface area contributed by atoms with Crippen molar-refractivity contribution in [1.29, 1.82) is 0 Å². The van der Waals surface area contributed by atoms with Crippen molar-refractivity contribution in [2.24, 2.45) is 4.30 Å². The van der Waals surface area contributed by atoms with Gasteiger partial charge in [0.1, 0.15) is 0 Å². The Bertz CT molecular complexity index is 3470. The number of aryl methyl sites for hydroxylation is 5. The van der Waals surface area contributed by atoms with Gasteiger partial charge in [0, 0.05) is 132 Å². The Labute approximate surface area is 727 Å². The second-order valence-corrected chi connectivity index (χ2v) is 37.5. The number of thiol groups is 1. The molecular weight excluding hydrogens is 2050 g/mol. The zero-order valence-corrected chi connectivity index (χ0v) is 79.0. The molecule has 1 radical (unpaired) electrons. The van der Waals surface area contributed by atoms with E-state index >= 15 is 0 Å². The molecule has 109 heavy (non-hydrogen) atoms. The molecule has 0 saturated carbocycles. The SMILES string of the molecule is CCCc1cc(C)c(Br)s1.CCCc1cc(I)c(Br)s1.CCCc1ccc(Br)s1.CCCc1cccs1.CNCC(OC)OC.CNCC1OCCc2sc(Br)c(C(F)(F)F)c21.CNCC1OCCc2scc(C(F)(F)F)c21.CNCC1OCCc2scc(C(F)(F)F)c21.CO.Cl.Cl.O=S(=O)(O)C(F)(F)F.[B]=NS. The number of aliphatic hydroxyl groups excluding tert-OH is 1. The Balaban J connectivity index is -0.00000117. The zero-order valence-electron chi connectivity index (χ0n) is 61.5. The van der Waals surface area contributed by atoms with Crippen molar-refractivity contribution in [3.63, 3.8) is 0 Å². The van der Waals surface area contributed by atoms with Gasteiger partial charge in [-0.05, 0) is 188 Å². The first-order chi connectivity index (χ1) is 50.3. The Morgan fingerprint density at radius 2 is 0.991 bits per heavy atom. The summed E-state index contributed by atoms with van der Waals surface area (Å²) in [7, 11) is 9.69. The summed E-state index contributed by atoms with van der Waals surface area (Å²) in [6.07, 6.45) is -2.87. The molecule has 0 spiro atoms. The average Bonchev–Trinajstić information content (AvgIpc) is 1.64. The van der Waals surface area contributed by atoms with Crippen molar-refractivity contribution in [2.45, 2.75) is 154 Å². The van der Waals surface area contributed by atoms with Gasteiger partial charge in [-0.3, -0.25) is 4.55 Å². The molecule has 0 bridgehead atoms. The molecule has 3 unspecified atom stereocenters. The summed E-state index contributed by atoms with van der Waals surface area (Å²) in [5.74, 6) is 0. The first-order valence-corrected chi connectivity index (χ1v) is 44.5. The summed E-state index contributed by atoms with van der Waals surface area (Å²) < 4.78 is 207. The maximum atomic E-state index is 13.0. The third-order valence-electron chi connectivity index (χ3n) is 13.8. The summed E-state index contributed by atoms with van der Waals surface area (Å²) in [5, 5.41) is 23.0. The average molecular weight is 2150 g/mol.